The predicted molar refractivity (Wildman–Crippen MR) is 171 cm³/mol. The van der Waals surface area contributed by atoms with E-state index in [1.54, 1.807) is 24.3 Å². The lowest BCUT2D eigenvalue weighted by atomic mass is 9.62. The molecule has 0 bridgehead atoms. The maximum Gasteiger partial charge on any atom is 0.308 e. The molecule has 0 aliphatic carbocycles. The standard InChI is InChI=1S/C38H32N2O5/c1-3-8-24-13-15-26(16-14-24)34(42)32-33(35(43)27-17-19-28(20-18-27)45-23(2)41)40-22-21-25-9-4-5-10-29(25)36(40)38(32)30-11-6-7-12-31(30)39-37(38)44/h4-7,9-22,32-33,36H,3,8H2,1-2H3,(H,39,44)/t32-,33+,36+,38+/m0/s1. The van der Waals surface area contributed by atoms with Crippen LogP contribution in [0.2, 0.25) is 0 Å². The fourth-order valence-corrected chi connectivity index (χ4v) is 7.50. The molecule has 0 saturated carbocycles. The Morgan fingerprint density at radius 3 is 2.24 bits per heavy atom. The first kappa shape index (κ1) is 28.5. The molecule has 4 aromatic rings. The summed E-state index contributed by atoms with van der Waals surface area (Å²) in [5, 5.41) is 3.08. The number of hydrogen-bond acceptors (Lipinski definition) is 6. The molecule has 1 spiro atoms. The highest BCUT2D eigenvalue weighted by Gasteiger charge is 2.70. The summed E-state index contributed by atoms with van der Waals surface area (Å²) >= 11 is 0. The van der Waals surface area contributed by atoms with E-state index in [0.717, 1.165) is 29.5 Å². The van der Waals surface area contributed by atoms with Crippen molar-refractivity contribution < 1.29 is 23.9 Å². The van der Waals surface area contributed by atoms with Crippen LogP contribution in [0.25, 0.3) is 6.08 Å². The molecule has 7 heteroatoms. The predicted octanol–water partition coefficient (Wildman–Crippen LogP) is 6.55. The van der Waals surface area contributed by atoms with Crippen molar-refractivity contribution in [2.45, 2.75) is 44.2 Å². The summed E-state index contributed by atoms with van der Waals surface area (Å²) in [6.45, 7) is 3.42. The second kappa shape index (κ2) is 11.0. The molecule has 1 N–H and O–H groups in total. The monoisotopic (exact) mass is 596 g/mol. The van der Waals surface area contributed by atoms with E-state index >= 15 is 0 Å². The van der Waals surface area contributed by atoms with Gasteiger partial charge in [-0.1, -0.05) is 80.1 Å². The zero-order valence-electron chi connectivity index (χ0n) is 25.0. The Balaban J connectivity index is 1.45. The Hall–Kier alpha value is -5.30. The molecule has 1 saturated heterocycles. The van der Waals surface area contributed by atoms with Crippen LogP contribution >= 0.6 is 0 Å². The van der Waals surface area contributed by atoms with E-state index < -0.39 is 29.4 Å². The molecule has 1 amide bonds. The normalized spacial score (nSPS) is 22.4. The number of para-hydroxylation sites is 1. The molecule has 0 unspecified atom stereocenters. The Kier molecular flexibility index (Phi) is 6.96. The maximum absolute atomic E-state index is 15.0. The molecule has 224 valence electrons. The Labute approximate surface area is 261 Å². The third-order valence-corrected chi connectivity index (χ3v) is 9.30. The van der Waals surface area contributed by atoms with Crippen LogP contribution in [-0.4, -0.2) is 34.4 Å². The topological polar surface area (TPSA) is 92.8 Å². The number of anilines is 1. The van der Waals surface area contributed by atoms with Gasteiger partial charge < -0.3 is 15.0 Å². The number of rotatable bonds is 7. The first-order valence-electron chi connectivity index (χ1n) is 15.3. The number of ketones is 2. The van der Waals surface area contributed by atoms with Crippen molar-refractivity contribution in [3.8, 4) is 5.75 Å². The molecule has 45 heavy (non-hydrogen) atoms. The Bertz CT molecular complexity index is 1880. The summed E-state index contributed by atoms with van der Waals surface area (Å²) in [6, 6.07) is 27.6. The average Bonchev–Trinajstić information content (AvgIpc) is 3.53. The average molecular weight is 597 g/mol. The Morgan fingerprint density at radius 2 is 1.51 bits per heavy atom. The van der Waals surface area contributed by atoms with Crippen molar-refractivity contribution in [2.24, 2.45) is 5.92 Å². The number of esters is 1. The molecule has 0 radical (unpaired) electrons. The minimum atomic E-state index is -1.39. The van der Waals surface area contributed by atoms with E-state index in [4.69, 9.17) is 4.74 Å². The molecule has 3 aliphatic rings. The van der Waals surface area contributed by atoms with E-state index in [2.05, 4.69) is 12.2 Å². The number of benzene rings is 4. The highest BCUT2D eigenvalue weighted by Crippen LogP contribution is 2.62. The van der Waals surface area contributed by atoms with Gasteiger partial charge in [0.25, 0.3) is 0 Å². The van der Waals surface area contributed by atoms with Gasteiger partial charge in [-0.2, -0.15) is 0 Å². The van der Waals surface area contributed by atoms with Gasteiger partial charge in [-0.3, -0.25) is 19.2 Å². The quantitative estimate of drug-likeness (QED) is 0.148. The second-order valence-corrected chi connectivity index (χ2v) is 11.9. The lowest BCUT2D eigenvalue weighted by Crippen LogP contribution is -2.49. The van der Waals surface area contributed by atoms with Gasteiger partial charge in [0.15, 0.2) is 11.6 Å². The number of aryl methyl sites for hydroxylation is 1. The second-order valence-electron chi connectivity index (χ2n) is 11.9. The number of ether oxygens (including phenoxy) is 1. The van der Waals surface area contributed by atoms with Crippen molar-refractivity contribution in [1.29, 1.82) is 0 Å². The van der Waals surface area contributed by atoms with E-state index in [0.29, 0.717) is 28.1 Å². The summed E-state index contributed by atoms with van der Waals surface area (Å²) in [6.07, 6.45) is 5.66. The van der Waals surface area contributed by atoms with Crippen molar-refractivity contribution in [3.63, 3.8) is 0 Å². The SMILES string of the molecule is CCCc1ccc(C(=O)[C@@H]2[C@H](C(=O)c3ccc(OC(C)=O)cc3)N3C=Cc4ccccc4[C@@H]3[C@]23C(=O)Nc2ccccc23)cc1. The fraction of sp³-hybridized carbons (Fsp3) is 0.211. The molecule has 4 atom stereocenters. The first-order chi connectivity index (χ1) is 21.8. The van der Waals surface area contributed by atoms with Gasteiger partial charge in [-0.25, -0.2) is 0 Å². The molecular formula is C38H32N2O5. The Morgan fingerprint density at radius 1 is 0.844 bits per heavy atom. The highest BCUT2D eigenvalue weighted by atomic mass is 16.5. The molecular weight excluding hydrogens is 564 g/mol. The van der Waals surface area contributed by atoms with Gasteiger partial charge >= 0.3 is 5.97 Å². The van der Waals surface area contributed by atoms with Crippen LogP contribution in [0.1, 0.15) is 69.3 Å². The lowest BCUT2D eigenvalue weighted by molar-refractivity contribution is -0.131. The summed E-state index contributed by atoms with van der Waals surface area (Å²) < 4.78 is 5.19. The molecule has 0 aromatic heterocycles. The number of carbonyl (C=O) groups is 4. The van der Waals surface area contributed by atoms with Gasteiger partial charge in [0.1, 0.15) is 17.2 Å². The minimum absolute atomic E-state index is 0.264. The number of carbonyl (C=O) groups excluding carboxylic acids is 4. The van der Waals surface area contributed by atoms with E-state index in [1.165, 1.54) is 6.92 Å². The third-order valence-electron chi connectivity index (χ3n) is 9.30. The molecule has 7 rings (SSSR count). The van der Waals surface area contributed by atoms with Gasteiger partial charge in [-0.05, 0) is 65.1 Å². The van der Waals surface area contributed by atoms with Crippen molar-refractivity contribution >= 4 is 35.2 Å². The van der Waals surface area contributed by atoms with Crippen LogP contribution in [0.5, 0.6) is 5.75 Å². The van der Waals surface area contributed by atoms with Gasteiger partial charge in [-0.15, -0.1) is 0 Å². The smallest absolute Gasteiger partial charge is 0.308 e. The first-order valence-corrected chi connectivity index (χ1v) is 15.3. The van der Waals surface area contributed by atoms with Crippen LogP contribution in [0, 0.1) is 5.92 Å². The van der Waals surface area contributed by atoms with E-state index in [9.17, 15) is 19.2 Å². The van der Waals surface area contributed by atoms with Gasteiger partial charge in [0.05, 0.1) is 12.0 Å². The van der Waals surface area contributed by atoms with Crippen LogP contribution in [0.4, 0.5) is 5.69 Å². The number of nitrogens with zero attached hydrogens (tertiary/aromatic N) is 1. The molecule has 4 aromatic carbocycles. The molecule has 7 nitrogen and oxygen atoms in total. The van der Waals surface area contributed by atoms with Gasteiger partial charge in [0, 0.05) is 29.9 Å². The van der Waals surface area contributed by atoms with Crippen molar-refractivity contribution in [2.75, 3.05) is 5.32 Å². The van der Waals surface area contributed by atoms with Crippen LogP contribution in [0.15, 0.2) is 103 Å². The van der Waals surface area contributed by atoms with Crippen molar-refractivity contribution in [3.05, 3.63) is 137 Å². The summed E-state index contributed by atoms with van der Waals surface area (Å²) in [5.41, 5.74) is 3.69. The zero-order valence-corrected chi connectivity index (χ0v) is 25.0. The van der Waals surface area contributed by atoms with E-state index in [1.807, 2.05) is 90.0 Å². The van der Waals surface area contributed by atoms with Crippen LogP contribution in [-0.2, 0) is 21.4 Å². The summed E-state index contributed by atoms with van der Waals surface area (Å²) in [5.74, 6) is -2.07. The minimum Gasteiger partial charge on any atom is -0.427 e. The summed E-state index contributed by atoms with van der Waals surface area (Å²) in [4.78, 5) is 57.7. The number of nitrogens with one attached hydrogen (secondary N) is 1. The largest absolute Gasteiger partial charge is 0.427 e. The molecule has 1 fully saturated rings. The van der Waals surface area contributed by atoms with Crippen LogP contribution < -0.4 is 10.1 Å². The number of amides is 1. The van der Waals surface area contributed by atoms with Crippen LogP contribution in [0.3, 0.4) is 0 Å². The van der Waals surface area contributed by atoms with E-state index in [-0.39, 0.29) is 17.5 Å². The van der Waals surface area contributed by atoms with Crippen molar-refractivity contribution in [1.82, 2.24) is 4.90 Å². The lowest BCUT2D eigenvalue weighted by Gasteiger charge is -2.38. The maximum atomic E-state index is 15.0. The molecule has 3 aliphatic heterocycles. The molecule has 3 heterocycles. The highest BCUT2D eigenvalue weighted by molar-refractivity contribution is 6.16. The number of hydrogen-bond donors (Lipinski definition) is 1. The third kappa shape index (κ3) is 4.41. The fourth-order valence-electron chi connectivity index (χ4n) is 7.50. The zero-order chi connectivity index (χ0) is 31.3. The number of fused-ring (bicyclic) bond motifs is 6. The number of Topliss-reactive ketones (excluding diaryl/α,β-unsaturated/α-hetero) is 2. The summed E-state index contributed by atoms with van der Waals surface area (Å²) in [7, 11) is 0. The van der Waals surface area contributed by atoms with Gasteiger partial charge in [0.2, 0.25) is 5.91 Å².